The summed E-state index contributed by atoms with van der Waals surface area (Å²) in [6, 6.07) is 6.37. The third-order valence-corrected chi connectivity index (χ3v) is 3.95. The van der Waals surface area contributed by atoms with Crippen LogP contribution in [0.5, 0.6) is 11.5 Å². The summed E-state index contributed by atoms with van der Waals surface area (Å²) in [5.74, 6) is 1.77. The van der Waals surface area contributed by atoms with Crippen LogP contribution >= 0.6 is 0 Å². The minimum atomic E-state index is 0.295. The van der Waals surface area contributed by atoms with Crippen molar-refractivity contribution in [1.29, 1.82) is 0 Å². The predicted molar refractivity (Wildman–Crippen MR) is 73.1 cm³/mol. The molecule has 1 aliphatic carbocycles. The van der Waals surface area contributed by atoms with Gasteiger partial charge in [-0.25, -0.2) is 0 Å². The second kappa shape index (κ2) is 5.39. The molecule has 0 bridgehead atoms. The molecule has 2 aliphatic rings. The zero-order valence-electron chi connectivity index (χ0n) is 11.4. The Morgan fingerprint density at radius 1 is 1.21 bits per heavy atom. The highest BCUT2D eigenvalue weighted by Crippen LogP contribution is 2.49. The van der Waals surface area contributed by atoms with Crippen LogP contribution in [0.2, 0.25) is 0 Å². The summed E-state index contributed by atoms with van der Waals surface area (Å²) >= 11 is 0. The fraction of sp³-hybridized carbons (Fsp3) is 0.600. The fourth-order valence-electron chi connectivity index (χ4n) is 2.59. The van der Waals surface area contributed by atoms with E-state index in [1.807, 2.05) is 6.07 Å². The van der Waals surface area contributed by atoms with Crippen molar-refractivity contribution in [3.8, 4) is 11.5 Å². The second-order valence-electron chi connectivity index (χ2n) is 5.31. The number of hydrogen-bond acceptors (Lipinski definition) is 4. The maximum Gasteiger partial charge on any atom is 0.161 e. The van der Waals surface area contributed by atoms with Gasteiger partial charge in [0.1, 0.15) is 13.2 Å². The first-order chi connectivity index (χ1) is 9.34. The number of ether oxygens (including phenoxy) is 3. The third-order valence-electron chi connectivity index (χ3n) is 3.95. The van der Waals surface area contributed by atoms with E-state index in [0.717, 1.165) is 31.2 Å². The monoisotopic (exact) mass is 263 g/mol. The summed E-state index contributed by atoms with van der Waals surface area (Å²) in [6.07, 6.45) is 2.49. The Kier molecular flexibility index (Phi) is 3.62. The van der Waals surface area contributed by atoms with E-state index in [-0.39, 0.29) is 0 Å². The lowest BCUT2D eigenvalue weighted by Gasteiger charge is -2.22. The van der Waals surface area contributed by atoms with Gasteiger partial charge in [-0.2, -0.15) is 0 Å². The normalized spacial score (nSPS) is 19.2. The van der Waals surface area contributed by atoms with Gasteiger partial charge in [-0.1, -0.05) is 6.07 Å². The van der Waals surface area contributed by atoms with Crippen molar-refractivity contribution in [3.63, 3.8) is 0 Å². The summed E-state index contributed by atoms with van der Waals surface area (Å²) in [7, 11) is 1.73. The van der Waals surface area contributed by atoms with Crippen LogP contribution in [0.25, 0.3) is 0 Å². The topological polar surface area (TPSA) is 39.7 Å². The van der Waals surface area contributed by atoms with Gasteiger partial charge < -0.3 is 19.5 Å². The number of methoxy groups -OCH3 is 1. The van der Waals surface area contributed by atoms with Crippen molar-refractivity contribution in [2.75, 3.05) is 40.0 Å². The number of benzene rings is 1. The number of hydrogen-bond donors (Lipinski definition) is 1. The van der Waals surface area contributed by atoms with Gasteiger partial charge in [0.05, 0.1) is 6.61 Å². The number of nitrogens with one attached hydrogen (secondary N) is 1. The second-order valence-corrected chi connectivity index (χ2v) is 5.31. The summed E-state index contributed by atoms with van der Waals surface area (Å²) in [5.41, 5.74) is 1.66. The Balaban J connectivity index is 1.67. The van der Waals surface area contributed by atoms with Gasteiger partial charge in [0.15, 0.2) is 11.5 Å². The molecule has 1 heterocycles. The van der Waals surface area contributed by atoms with Gasteiger partial charge >= 0.3 is 0 Å². The van der Waals surface area contributed by atoms with Gasteiger partial charge in [0.2, 0.25) is 0 Å². The van der Waals surface area contributed by atoms with E-state index < -0.39 is 0 Å². The molecule has 0 aromatic heterocycles. The molecule has 19 heavy (non-hydrogen) atoms. The fourth-order valence-corrected chi connectivity index (χ4v) is 2.59. The molecule has 1 N–H and O–H groups in total. The summed E-state index contributed by atoms with van der Waals surface area (Å²) in [6.45, 7) is 3.97. The summed E-state index contributed by atoms with van der Waals surface area (Å²) in [5, 5.41) is 3.47. The molecule has 0 amide bonds. The number of rotatable bonds is 6. The molecule has 0 saturated heterocycles. The van der Waals surface area contributed by atoms with Crippen molar-refractivity contribution in [1.82, 2.24) is 5.32 Å². The highest BCUT2D eigenvalue weighted by molar-refractivity contribution is 5.47. The Bertz CT molecular complexity index is 443. The van der Waals surface area contributed by atoms with E-state index in [1.54, 1.807) is 7.11 Å². The van der Waals surface area contributed by atoms with E-state index in [4.69, 9.17) is 14.2 Å². The zero-order chi connectivity index (χ0) is 13.1. The van der Waals surface area contributed by atoms with Gasteiger partial charge in [0, 0.05) is 25.6 Å². The SMILES string of the molecule is COCCNCC1(c2ccc3c(c2)OCCO3)CC1. The molecule has 0 radical (unpaired) electrons. The van der Waals surface area contributed by atoms with Crippen LogP contribution in [-0.2, 0) is 10.2 Å². The van der Waals surface area contributed by atoms with Crippen LogP contribution in [0.15, 0.2) is 18.2 Å². The lowest BCUT2D eigenvalue weighted by atomic mass is 9.95. The van der Waals surface area contributed by atoms with Crippen LogP contribution in [0.1, 0.15) is 18.4 Å². The molecule has 4 nitrogen and oxygen atoms in total. The average molecular weight is 263 g/mol. The first-order valence-electron chi connectivity index (χ1n) is 6.94. The molecular formula is C15H21NO3. The van der Waals surface area contributed by atoms with Crippen molar-refractivity contribution in [3.05, 3.63) is 23.8 Å². The quantitative estimate of drug-likeness (QED) is 0.793. The maximum absolute atomic E-state index is 5.66. The minimum Gasteiger partial charge on any atom is -0.486 e. The van der Waals surface area contributed by atoms with Crippen LogP contribution < -0.4 is 14.8 Å². The van der Waals surface area contributed by atoms with Crippen molar-refractivity contribution >= 4 is 0 Å². The van der Waals surface area contributed by atoms with E-state index in [9.17, 15) is 0 Å². The van der Waals surface area contributed by atoms with Crippen LogP contribution in [0.3, 0.4) is 0 Å². The van der Waals surface area contributed by atoms with Crippen molar-refractivity contribution < 1.29 is 14.2 Å². The molecule has 0 unspecified atom stereocenters. The first-order valence-corrected chi connectivity index (χ1v) is 6.94. The van der Waals surface area contributed by atoms with Crippen LogP contribution in [0.4, 0.5) is 0 Å². The van der Waals surface area contributed by atoms with Gasteiger partial charge in [-0.05, 0) is 30.5 Å². The Labute approximate surface area is 114 Å². The van der Waals surface area contributed by atoms with Crippen molar-refractivity contribution in [2.45, 2.75) is 18.3 Å². The molecular weight excluding hydrogens is 242 g/mol. The highest BCUT2D eigenvalue weighted by Gasteiger charge is 2.44. The Morgan fingerprint density at radius 3 is 2.74 bits per heavy atom. The molecule has 0 atom stereocenters. The molecule has 1 aromatic carbocycles. The van der Waals surface area contributed by atoms with Gasteiger partial charge in [-0.3, -0.25) is 0 Å². The van der Waals surface area contributed by atoms with Gasteiger partial charge in [0.25, 0.3) is 0 Å². The average Bonchev–Trinajstić information content (AvgIpc) is 3.24. The van der Waals surface area contributed by atoms with Crippen molar-refractivity contribution in [2.24, 2.45) is 0 Å². The summed E-state index contributed by atoms with van der Waals surface area (Å²) in [4.78, 5) is 0. The lowest BCUT2D eigenvalue weighted by molar-refractivity contribution is 0.171. The lowest BCUT2D eigenvalue weighted by Crippen LogP contribution is -2.29. The molecule has 1 aliphatic heterocycles. The van der Waals surface area contributed by atoms with E-state index >= 15 is 0 Å². The van der Waals surface area contributed by atoms with Crippen LogP contribution in [-0.4, -0.2) is 40.0 Å². The molecule has 1 fully saturated rings. The molecule has 4 heteroatoms. The zero-order valence-corrected chi connectivity index (χ0v) is 11.4. The maximum atomic E-state index is 5.66. The predicted octanol–water partition coefficient (Wildman–Crippen LogP) is 1.73. The van der Waals surface area contributed by atoms with Gasteiger partial charge in [-0.15, -0.1) is 0 Å². The Hall–Kier alpha value is -1.26. The van der Waals surface area contributed by atoms with E-state index in [2.05, 4.69) is 17.4 Å². The summed E-state index contributed by atoms with van der Waals surface area (Å²) < 4.78 is 16.3. The van der Waals surface area contributed by atoms with E-state index in [0.29, 0.717) is 18.6 Å². The largest absolute Gasteiger partial charge is 0.486 e. The molecule has 1 saturated carbocycles. The number of fused-ring (bicyclic) bond motifs is 1. The smallest absolute Gasteiger partial charge is 0.161 e. The molecule has 104 valence electrons. The minimum absolute atomic E-state index is 0.295. The third kappa shape index (κ3) is 2.69. The first kappa shape index (κ1) is 12.8. The Morgan fingerprint density at radius 2 is 2.00 bits per heavy atom. The molecule has 1 aromatic rings. The van der Waals surface area contributed by atoms with E-state index in [1.165, 1.54) is 18.4 Å². The molecule has 0 spiro atoms. The standard InChI is InChI=1S/C15H21NO3/c1-17-7-6-16-11-15(4-5-15)12-2-3-13-14(10-12)19-9-8-18-13/h2-3,10,16H,4-9,11H2,1H3. The highest BCUT2D eigenvalue weighted by atomic mass is 16.6. The molecule has 3 rings (SSSR count). The van der Waals surface area contributed by atoms with Crippen LogP contribution in [0, 0.1) is 0 Å².